The van der Waals surface area contributed by atoms with Crippen LogP contribution in [0.2, 0.25) is 0 Å². The number of carboxylic acids is 1. The predicted octanol–water partition coefficient (Wildman–Crippen LogP) is 4.55. The van der Waals surface area contributed by atoms with Crippen LogP contribution in [0.4, 0.5) is 4.79 Å². The van der Waals surface area contributed by atoms with E-state index in [2.05, 4.69) is 29.6 Å². The summed E-state index contributed by atoms with van der Waals surface area (Å²) < 4.78 is 5.69. The van der Waals surface area contributed by atoms with Crippen LogP contribution in [-0.2, 0) is 14.3 Å². The zero-order valence-corrected chi connectivity index (χ0v) is 19.8. The minimum absolute atomic E-state index is 0.000111. The van der Waals surface area contributed by atoms with Crippen molar-refractivity contribution in [2.75, 3.05) is 13.2 Å². The normalized spacial score (nSPS) is 23.4. The fourth-order valence-electron chi connectivity index (χ4n) is 6.13. The number of alkyl carbamates (subject to hydrolysis) is 1. The maximum Gasteiger partial charge on any atom is 0.407 e. The Morgan fingerprint density at radius 1 is 0.943 bits per heavy atom. The second-order valence-electron chi connectivity index (χ2n) is 9.96. The number of benzene rings is 2. The van der Waals surface area contributed by atoms with Gasteiger partial charge in [-0.25, -0.2) is 4.79 Å². The van der Waals surface area contributed by atoms with Gasteiger partial charge in [0, 0.05) is 30.5 Å². The third-order valence-electron chi connectivity index (χ3n) is 7.76. The van der Waals surface area contributed by atoms with Gasteiger partial charge in [-0.3, -0.25) is 9.59 Å². The molecular weight excluding hydrogens is 444 g/mol. The van der Waals surface area contributed by atoms with Crippen molar-refractivity contribution in [2.45, 2.75) is 62.9 Å². The van der Waals surface area contributed by atoms with Crippen LogP contribution in [0.25, 0.3) is 11.1 Å². The molecule has 35 heavy (non-hydrogen) atoms. The molecule has 0 aromatic heterocycles. The number of ether oxygens (including phenoxy) is 1. The minimum atomic E-state index is -0.867. The van der Waals surface area contributed by atoms with Crippen LogP contribution in [0.5, 0.6) is 0 Å². The summed E-state index contributed by atoms with van der Waals surface area (Å²) in [5.41, 5.74) is 4.72. The van der Waals surface area contributed by atoms with Crippen molar-refractivity contribution in [3.63, 3.8) is 0 Å². The Morgan fingerprint density at radius 3 is 2.31 bits per heavy atom. The van der Waals surface area contributed by atoms with Crippen LogP contribution < -0.4 is 5.32 Å². The molecule has 2 N–H and O–H groups in total. The van der Waals surface area contributed by atoms with Gasteiger partial charge in [0.25, 0.3) is 0 Å². The minimum Gasteiger partial charge on any atom is -0.481 e. The first-order chi connectivity index (χ1) is 17.0. The zero-order chi connectivity index (χ0) is 24.4. The standard InChI is InChI=1S/C28H32N2O5/c31-26(32)16-20-9-6-14-30(20)27(33)18-7-5-8-19(15-18)29-28(34)35-17-25-23-12-3-1-10-21(23)22-11-2-4-13-24(22)25/h1-4,10-13,18-20,25H,5-9,14-17H2,(H,29,34)(H,31,32)/t18-,19+,20+/m0/s1. The molecule has 1 aliphatic heterocycles. The van der Waals surface area contributed by atoms with E-state index in [1.807, 2.05) is 24.3 Å². The van der Waals surface area contributed by atoms with Crippen LogP contribution in [0.15, 0.2) is 48.5 Å². The van der Waals surface area contributed by atoms with E-state index in [0.717, 1.165) is 32.1 Å². The van der Waals surface area contributed by atoms with E-state index in [4.69, 9.17) is 9.84 Å². The first kappa shape index (κ1) is 23.4. The van der Waals surface area contributed by atoms with E-state index in [0.29, 0.717) is 13.0 Å². The fourth-order valence-corrected chi connectivity index (χ4v) is 6.13. The molecule has 2 fully saturated rings. The maximum atomic E-state index is 13.1. The first-order valence-electron chi connectivity index (χ1n) is 12.6. The molecule has 0 spiro atoms. The third-order valence-corrected chi connectivity index (χ3v) is 7.76. The molecule has 1 saturated carbocycles. The molecule has 3 atom stereocenters. The van der Waals surface area contributed by atoms with Gasteiger partial charge in [-0.1, -0.05) is 55.0 Å². The summed E-state index contributed by atoms with van der Waals surface area (Å²) in [6, 6.07) is 16.1. The van der Waals surface area contributed by atoms with E-state index in [1.165, 1.54) is 22.3 Å². The third kappa shape index (κ3) is 4.90. The van der Waals surface area contributed by atoms with Gasteiger partial charge in [-0.05, 0) is 54.4 Å². The van der Waals surface area contributed by atoms with Crippen molar-refractivity contribution in [3.05, 3.63) is 59.7 Å². The average molecular weight is 477 g/mol. The fraction of sp³-hybridized carbons (Fsp3) is 0.464. The molecule has 1 saturated heterocycles. The molecule has 2 aromatic rings. The second kappa shape index (κ2) is 10.1. The highest BCUT2D eigenvalue weighted by Gasteiger charge is 2.37. The number of rotatable bonds is 6. The zero-order valence-electron chi connectivity index (χ0n) is 19.8. The van der Waals surface area contributed by atoms with Gasteiger partial charge in [0.15, 0.2) is 0 Å². The molecule has 5 rings (SSSR count). The van der Waals surface area contributed by atoms with Crippen molar-refractivity contribution >= 4 is 18.0 Å². The molecule has 7 nitrogen and oxygen atoms in total. The number of carboxylic acid groups (broad SMARTS) is 1. The predicted molar refractivity (Wildman–Crippen MR) is 131 cm³/mol. The van der Waals surface area contributed by atoms with Crippen molar-refractivity contribution in [1.82, 2.24) is 10.2 Å². The van der Waals surface area contributed by atoms with Crippen molar-refractivity contribution in [3.8, 4) is 11.1 Å². The Bertz CT molecular complexity index is 1070. The van der Waals surface area contributed by atoms with Crippen LogP contribution in [0.3, 0.4) is 0 Å². The number of carbonyl (C=O) groups is 3. The van der Waals surface area contributed by atoms with Gasteiger partial charge in [-0.2, -0.15) is 0 Å². The second-order valence-corrected chi connectivity index (χ2v) is 9.96. The van der Waals surface area contributed by atoms with E-state index in [-0.39, 0.29) is 42.9 Å². The SMILES string of the molecule is O=C(O)C[C@H]1CCCN1C(=O)[C@H]1CCC[C@@H](NC(=O)OCC2c3ccccc3-c3ccccc32)C1. The summed E-state index contributed by atoms with van der Waals surface area (Å²) in [4.78, 5) is 38.8. The quantitative estimate of drug-likeness (QED) is 0.638. The Labute approximate surface area is 205 Å². The lowest BCUT2D eigenvalue weighted by atomic mass is 9.84. The molecular formula is C28H32N2O5. The number of fused-ring (bicyclic) bond motifs is 3. The number of hydrogen-bond acceptors (Lipinski definition) is 4. The Kier molecular flexibility index (Phi) is 6.75. The van der Waals surface area contributed by atoms with Crippen molar-refractivity contribution in [2.24, 2.45) is 5.92 Å². The van der Waals surface area contributed by atoms with Gasteiger partial charge >= 0.3 is 12.1 Å². The van der Waals surface area contributed by atoms with Crippen molar-refractivity contribution in [1.29, 1.82) is 0 Å². The van der Waals surface area contributed by atoms with Crippen LogP contribution in [0, 0.1) is 5.92 Å². The highest BCUT2D eigenvalue weighted by atomic mass is 16.5. The van der Waals surface area contributed by atoms with Gasteiger partial charge in [0.05, 0.1) is 6.42 Å². The van der Waals surface area contributed by atoms with E-state index >= 15 is 0 Å². The van der Waals surface area contributed by atoms with Gasteiger partial charge in [0.2, 0.25) is 5.91 Å². The summed E-state index contributed by atoms with van der Waals surface area (Å²) in [5, 5.41) is 12.1. The highest BCUT2D eigenvalue weighted by Crippen LogP contribution is 2.44. The highest BCUT2D eigenvalue weighted by molar-refractivity contribution is 5.81. The molecule has 2 aliphatic carbocycles. The number of nitrogens with one attached hydrogen (secondary N) is 1. The van der Waals surface area contributed by atoms with Crippen LogP contribution in [0.1, 0.15) is 62.0 Å². The topological polar surface area (TPSA) is 95.9 Å². The molecule has 7 heteroatoms. The number of amides is 2. The molecule has 184 valence electrons. The number of hydrogen-bond donors (Lipinski definition) is 2. The van der Waals surface area contributed by atoms with E-state index < -0.39 is 12.1 Å². The molecule has 3 aliphatic rings. The number of likely N-dealkylation sites (tertiary alicyclic amines) is 1. The lowest BCUT2D eigenvalue weighted by Gasteiger charge is -2.33. The molecule has 2 amide bonds. The molecule has 1 heterocycles. The average Bonchev–Trinajstić information content (AvgIpc) is 3.44. The molecule has 0 bridgehead atoms. The number of nitrogens with zero attached hydrogens (tertiary/aromatic N) is 1. The van der Waals surface area contributed by atoms with Gasteiger partial charge in [-0.15, -0.1) is 0 Å². The van der Waals surface area contributed by atoms with Crippen molar-refractivity contribution < 1.29 is 24.2 Å². The first-order valence-corrected chi connectivity index (χ1v) is 12.6. The summed E-state index contributed by atoms with van der Waals surface area (Å²) >= 11 is 0. The van der Waals surface area contributed by atoms with Crippen LogP contribution >= 0.6 is 0 Å². The summed E-state index contributed by atoms with van der Waals surface area (Å²) in [6.07, 6.45) is 4.14. The lowest BCUT2D eigenvalue weighted by molar-refractivity contribution is -0.142. The Hall–Kier alpha value is -3.35. The van der Waals surface area contributed by atoms with E-state index in [1.54, 1.807) is 4.90 Å². The largest absolute Gasteiger partial charge is 0.481 e. The van der Waals surface area contributed by atoms with Crippen LogP contribution in [-0.4, -0.2) is 53.2 Å². The van der Waals surface area contributed by atoms with Gasteiger partial charge < -0.3 is 20.1 Å². The molecule has 0 unspecified atom stereocenters. The Morgan fingerprint density at radius 2 is 1.63 bits per heavy atom. The summed E-state index contributed by atoms with van der Waals surface area (Å²) in [6.45, 7) is 0.886. The van der Waals surface area contributed by atoms with E-state index in [9.17, 15) is 14.4 Å². The lowest BCUT2D eigenvalue weighted by Crippen LogP contribution is -2.45. The molecule has 2 aromatic carbocycles. The smallest absolute Gasteiger partial charge is 0.407 e. The molecule has 0 radical (unpaired) electrons. The maximum absolute atomic E-state index is 13.1. The Balaban J connectivity index is 1.17. The number of aliphatic carboxylic acids is 1. The van der Waals surface area contributed by atoms with Gasteiger partial charge in [0.1, 0.15) is 6.61 Å². The monoisotopic (exact) mass is 476 g/mol. The number of carbonyl (C=O) groups excluding carboxylic acids is 2. The summed E-state index contributed by atoms with van der Waals surface area (Å²) in [7, 11) is 0. The summed E-state index contributed by atoms with van der Waals surface area (Å²) in [5.74, 6) is -1.01.